The molecule has 1 aromatic rings. The van der Waals surface area contributed by atoms with Crippen LogP contribution in [-0.2, 0) is 16.0 Å². The zero-order valence-corrected chi connectivity index (χ0v) is 15.6. The molecule has 0 saturated carbocycles. The molecule has 2 saturated heterocycles. The Morgan fingerprint density at radius 1 is 1.26 bits per heavy atom. The first-order chi connectivity index (χ1) is 12.8. The van der Waals surface area contributed by atoms with E-state index in [9.17, 15) is 10.0 Å². The van der Waals surface area contributed by atoms with Crippen molar-refractivity contribution in [3.63, 3.8) is 0 Å². The molecule has 0 bridgehead atoms. The minimum Gasteiger partial charge on any atom is -0.497 e. The SMILES string of the molecule is COc1ccc(C[C@]23OC4(C=CC(=O)C=C4)C[C@@]2(C)N(O)C(=N)N3C)cc1. The maximum Gasteiger partial charge on any atom is 0.220 e. The highest BCUT2D eigenvalue weighted by Crippen LogP contribution is 2.56. The monoisotopic (exact) mass is 369 g/mol. The van der Waals surface area contributed by atoms with E-state index in [0.29, 0.717) is 12.8 Å². The van der Waals surface area contributed by atoms with Gasteiger partial charge in [0, 0.05) is 19.9 Å². The number of carbonyl (C=O) groups excluding carboxylic acids is 1. The fourth-order valence-electron chi connectivity index (χ4n) is 4.46. The minimum absolute atomic E-state index is 0.0132. The van der Waals surface area contributed by atoms with Crippen LogP contribution in [0.25, 0.3) is 0 Å². The number of fused-ring (bicyclic) bond motifs is 1. The van der Waals surface area contributed by atoms with Gasteiger partial charge in [0.2, 0.25) is 5.96 Å². The topological polar surface area (TPSA) is 86.1 Å². The molecular weight excluding hydrogens is 346 g/mol. The summed E-state index contributed by atoms with van der Waals surface area (Å²) in [6, 6.07) is 7.67. The third-order valence-electron chi connectivity index (χ3n) is 6.01. The normalized spacial score (nSPS) is 31.1. The fourth-order valence-corrected chi connectivity index (χ4v) is 4.46. The number of carbonyl (C=O) groups is 1. The smallest absolute Gasteiger partial charge is 0.220 e. The summed E-state index contributed by atoms with van der Waals surface area (Å²) >= 11 is 0. The lowest BCUT2D eigenvalue weighted by Gasteiger charge is -2.40. The van der Waals surface area contributed by atoms with Crippen molar-refractivity contribution in [3.05, 3.63) is 54.1 Å². The van der Waals surface area contributed by atoms with Crippen molar-refractivity contribution in [2.75, 3.05) is 14.2 Å². The van der Waals surface area contributed by atoms with Crippen molar-refractivity contribution in [2.24, 2.45) is 0 Å². The Morgan fingerprint density at radius 2 is 1.89 bits per heavy atom. The lowest BCUT2D eigenvalue weighted by Crippen LogP contribution is -2.57. The number of guanidine groups is 1. The van der Waals surface area contributed by atoms with E-state index >= 15 is 0 Å². The van der Waals surface area contributed by atoms with Crippen molar-refractivity contribution in [3.8, 4) is 5.75 Å². The van der Waals surface area contributed by atoms with Crippen LogP contribution in [-0.4, -0.2) is 57.9 Å². The van der Waals surface area contributed by atoms with Crippen LogP contribution in [0, 0.1) is 5.41 Å². The molecule has 0 amide bonds. The number of nitrogens with one attached hydrogen (secondary N) is 1. The average molecular weight is 369 g/mol. The molecule has 2 aliphatic heterocycles. The summed E-state index contributed by atoms with van der Waals surface area (Å²) in [4.78, 5) is 13.3. The number of benzene rings is 1. The van der Waals surface area contributed by atoms with E-state index in [1.165, 1.54) is 12.2 Å². The Hall–Kier alpha value is -2.64. The third kappa shape index (κ3) is 2.35. The van der Waals surface area contributed by atoms with E-state index < -0.39 is 16.9 Å². The molecule has 0 unspecified atom stereocenters. The number of methoxy groups -OCH3 is 1. The van der Waals surface area contributed by atoms with Crippen molar-refractivity contribution in [1.82, 2.24) is 9.96 Å². The zero-order chi connectivity index (χ0) is 19.4. The number of rotatable bonds is 3. The first-order valence-corrected chi connectivity index (χ1v) is 8.82. The maximum absolute atomic E-state index is 11.6. The molecule has 7 heteroatoms. The number of hydrogen-bond acceptors (Lipinski definition) is 5. The molecule has 1 aromatic carbocycles. The Labute approximate surface area is 157 Å². The molecule has 3 aliphatic rings. The second-order valence-corrected chi connectivity index (χ2v) is 7.58. The van der Waals surface area contributed by atoms with Crippen LogP contribution in [0.4, 0.5) is 0 Å². The van der Waals surface area contributed by atoms with Gasteiger partial charge >= 0.3 is 0 Å². The Bertz CT molecular complexity index is 846. The number of nitrogens with zero attached hydrogens (tertiary/aromatic N) is 2. The third-order valence-corrected chi connectivity index (χ3v) is 6.01. The van der Waals surface area contributed by atoms with Gasteiger partial charge in [-0.2, -0.15) is 0 Å². The molecular formula is C20H23N3O4. The molecule has 4 rings (SSSR count). The largest absolute Gasteiger partial charge is 0.497 e. The van der Waals surface area contributed by atoms with Crippen molar-refractivity contribution in [1.29, 1.82) is 5.41 Å². The summed E-state index contributed by atoms with van der Waals surface area (Å²) in [6.07, 6.45) is 7.37. The highest BCUT2D eigenvalue weighted by Gasteiger charge is 2.71. The summed E-state index contributed by atoms with van der Waals surface area (Å²) in [5.41, 5.74) is -1.64. The molecule has 2 atom stereocenters. The van der Waals surface area contributed by atoms with Gasteiger partial charge in [-0.15, -0.1) is 0 Å². The minimum atomic E-state index is -0.970. The van der Waals surface area contributed by atoms with Crippen molar-refractivity contribution < 1.29 is 19.5 Å². The lowest BCUT2D eigenvalue weighted by atomic mass is 9.79. The van der Waals surface area contributed by atoms with Crippen LogP contribution in [0.2, 0.25) is 0 Å². The van der Waals surface area contributed by atoms with Gasteiger partial charge in [-0.3, -0.25) is 15.4 Å². The number of hydroxylamine groups is 2. The number of allylic oxidation sites excluding steroid dienone is 2. The highest BCUT2D eigenvalue weighted by molar-refractivity contribution is 6.00. The van der Waals surface area contributed by atoms with Crippen LogP contribution in [0.5, 0.6) is 5.75 Å². The van der Waals surface area contributed by atoms with Crippen LogP contribution >= 0.6 is 0 Å². The summed E-state index contributed by atoms with van der Waals surface area (Å²) in [6.45, 7) is 1.89. The summed E-state index contributed by atoms with van der Waals surface area (Å²) < 4.78 is 11.8. The molecule has 1 spiro atoms. The van der Waals surface area contributed by atoms with E-state index in [-0.39, 0.29) is 11.7 Å². The van der Waals surface area contributed by atoms with E-state index in [0.717, 1.165) is 16.4 Å². The molecule has 0 aromatic heterocycles. The molecule has 2 N–H and O–H groups in total. The Kier molecular flexibility index (Phi) is 3.73. The van der Waals surface area contributed by atoms with Crippen molar-refractivity contribution >= 4 is 11.7 Å². The number of ketones is 1. The first kappa shape index (κ1) is 17.8. The molecule has 2 heterocycles. The van der Waals surface area contributed by atoms with Gasteiger partial charge in [0.05, 0.1) is 7.11 Å². The summed E-state index contributed by atoms with van der Waals surface area (Å²) in [7, 11) is 3.37. The zero-order valence-electron chi connectivity index (χ0n) is 15.6. The van der Waals surface area contributed by atoms with Gasteiger partial charge < -0.3 is 14.4 Å². The molecule has 2 fully saturated rings. The second kappa shape index (κ2) is 5.68. The summed E-state index contributed by atoms with van der Waals surface area (Å²) in [5, 5.41) is 20.0. The quantitative estimate of drug-likeness (QED) is 0.849. The fraction of sp³-hybridized carbons (Fsp3) is 0.400. The van der Waals surface area contributed by atoms with Gasteiger partial charge in [-0.05, 0) is 48.9 Å². The maximum atomic E-state index is 11.6. The molecule has 0 radical (unpaired) electrons. The number of hydrogen-bond donors (Lipinski definition) is 2. The van der Waals surface area contributed by atoms with Gasteiger partial charge in [0.1, 0.15) is 16.9 Å². The Morgan fingerprint density at radius 3 is 2.48 bits per heavy atom. The standard InChI is InChI=1S/C20H23N3O4/c1-18-13-19(10-8-15(24)9-11-19)27-20(18,22(2)17(21)23(18)25)12-14-4-6-16(26-3)7-5-14/h4-11,21,25H,12-13H2,1-3H3/t18-,20+/m1/s1. The van der Waals surface area contributed by atoms with Crippen LogP contribution in [0.1, 0.15) is 18.9 Å². The van der Waals surface area contributed by atoms with Gasteiger partial charge in [0.25, 0.3) is 0 Å². The molecule has 1 aliphatic carbocycles. The predicted molar refractivity (Wildman–Crippen MR) is 98.7 cm³/mol. The van der Waals surface area contributed by atoms with Crippen LogP contribution in [0.15, 0.2) is 48.6 Å². The predicted octanol–water partition coefficient (Wildman–Crippen LogP) is 2.12. The van der Waals surface area contributed by atoms with E-state index in [2.05, 4.69) is 0 Å². The average Bonchev–Trinajstić information content (AvgIpc) is 2.98. The van der Waals surface area contributed by atoms with E-state index in [1.54, 1.807) is 31.2 Å². The summed E-state index contributed by atoms with van der Waals surface area (Å²) in [5.74, 6) is 0.661. The van der Waals surface area contributed by atoms with Crippen molar-refractivity contribution in [2.45, 2.75) is 36.6 Å². The van der Waals surface area contributed by atoms with Gasteiger partial charge in [-0.25, -0.2) is 5.06 Å². The second-order valence-electron chi connectivity index (χ2n) is 7.58. The number of ether oxygens (including phenoxy) is 2. The van der Waals surface area contributed by atoms with Gasteiger partial charge in [0.15, 0.2) is 11.5 Å². The lowest BCUT2D eigenvalue weighted by molar-refractivity contribution is -0.170. The molecule has 7 nitrogen and oxygen atoms in total. The highest BCUT2D eigenvalue weighted by atomic mass is 16.6. The van der Waals surface area contributed by atoms with E-state index in [1.807, 2.05) is 31.2 Å². The molecule has 142 valence electrons. The van der Waals surface area contributed by atoms with Crippen LogP contribution in [0.3, 0.4) is 0 Å². The molecule has 27 heavy (non-hydrogen) atoms. The first-order valence-electron chi connectivity index (χ1n) is 8.82. The van der Waals surface area contributed by atoms with E-state index in [4.69, 9.17) is 14.9 Å². The Balaban J connectivity index is 1.77. The number of likely N-dealkylation sites (N-methyl/N-ethyl adjacent to an activating group) is 1. The van der Waals surface area contributed by atoms with Crippen LogP contribution < -0.4 is 4.74 Å². The van der Waals surface area contributed by atoms with Gasteiger partial charge in [-0.1, -0.05) is 12.1 Å².